The van der Waals surface area contributed by atoms with Gasteiger partial charge in [0.05, 0.1) is 5.69 Å². The molecular formula is C23H19BrN2O3. The first-order valence-corrected chi connectivity index (χ1v) is 9.98. The number of halogens is 1. The third-order valence-corrected chi connectivity index (χ3v) is 5.09. The summed E-state index contributed by atoms with van der Waals surface area (Å²) in [7, 11) is 0. The first-order valence-electron chi connectivity index (χ1n) is 9.18. The molecular weight excluding hydrogens is 432 g/mol. The third kappa shape index (κ3) is 4.49. The topological polar surface area (TPSA) is 64.4 Å². The lowest BCUT2D eigenvalue weighted by atomic mass is 10.1. The molecule has 4 rings (SSSR count). The van der Waals surface area contributed by atoms with E-state index in [0.29, 0.717) is 24.5 Å². The van der Waals surface area contributed by atoms with Crippen LogP contribution in [0.2, 0.25) is 0 Å². The molecule has 4 aromatic rings. The number of ether oxygens (including phenoxy) is 1. The van der Waals surface area contributed by atoms with Crippen LogP contribution in [0, 0.1) is 6.92 Å². The van der Waals surface area contributed by atoms with Crippen LogP contribution in [0.4, 0.5) is 0 Å². The predicted octanol–water partition coefficient (Wildman–Crippen LogP) is 5.41. The molecule has 0 fully saturated rings. The molecule has 2 heterocycles. The lowest BCUT2D eigenvalue weighted by Gasteiger charge is -2.08. The first-order chi connectivity index (χ1) is 14.1. The summed E-state index contributed by atoms with van der Waals surface area (Å²) >= 11 is 3.45. The van der Waals surface area contributed by atoms with Gasteiger partial charge in [-0.15, -0.1) is 0 Å². The van der Waals surface area contributed by atoms with Gasteiger partial charge in [0, 0.05) is 28.2 Å². The van der Waals surface area contributed by atoms with Crippen LogP contribution in [0.5, 0.6) is 5.75 Å². The van der Waals surface area contributed by atoms with Gasteiger partial charge in [-0.05, 0) is 55.0 Å². The molecule has 5 nitrogen and oxygen atoms in total. The molecule has 0 saturated heterocycles. The molecule has 0 spiro atoms. The summed E-state index contributed by atoms with van der Waals surface area (Å²) in [4.78, 5) is 16.8. The molecule has 0 atom stereocenters. The molecule has 0 aliphatic heterocycles. The normalized spacial score (nSPS) is 10.8. The molecule has 0 unspecified atom stereocenters. The van der Waals surface area contributed by atoms with Gasteiger partial charge in [0.1, 0.15) is 17.9 Å². The van der Waals surface area contributed by atoms with Crippen molar-refractivity contribution in [3.8, 4) is 5.75 Å². The van der Waals surface area contributed by atoms with Crippen LogP contribution >= 0.6 is 15.9 Å². The number of carbonyl (C=O) groups excluding carboxylic acids is 1. The second-order valence-corrected chi connectivity index (χ2v) is 7.55. The zero-order valence-corrected chi connectivity index (χ0v) is 17.4. The Bertz CT molecular complexity index is 1140. The van der Waals surface area contributed by atoms with Gasteiger partial charge in [0.2, 0.25) is 0 Å². The van der Waals surface area contributed by atoms with E-state index in [4.69, 9.17) is 9.15 Å². The van der Waals surface area contributed by atoms with Gasteiger partial charge in [-0.25, -0.2) is 0 Å². The van der Waals surface area contributed by atoms with Gasteiger partial charge in [0.15, 0.2) is 5.76 Å². The summed E-state index contributed by atoms with van der Waals surface area (Å²) in [6.45, 7) is 2.71. The van der Waals surface area contributed by atoms with Gasteiger partial charge in [0.25, 0.3) is 5.91 Å². The number of amides is 1. The monoisotopic (exact) mass is 450 g/mol. The van der Waals surface area contributed by atoms with Crippen LogP contribution in [-0.4, -0.2) is 10.9 Å². The zero-order chi connectivity index (χ0) is 20.2. The summed E-state index contributed by atoms with van der Waals surface area (Å²) in [6, 6.07) is 19.0. The van der Waals surface area contributed by atoms with Crippen LogP contribution in [0.3, 0.4) is 0 Å². The molecule has 0 radical (unpaired) electrons. The number of furan rings is 1. The van der Waals surface area contributed by atoms with Crippen LogP contribution in [0.25, 0.3) is 11.0 Å². The van der Waals surface area contributed by atoms with Crippen molar-refractivity contribution in [2.45, 2.75) is 20.1 Å². The maximum Gasteiger partial charge on any atom is 0.287 e. The van der Waals surface area contributed by atoms with Crippen molar-refractivity contribution in [3.05, 3.63) is 93.9 Å². The van der Waals surface area contributed by atoms with E-state index in [-0.39, 0.29) is 5.91 Å². The molecule has 0 bridgehead atoms. The minimum absolute atomic E-state index is 0.231. The Morgan fingerprint density at radius 1 is 1.14 bits per heavy atom. The number of hydrogen-bond donors (Lipinski definition) is 1. The fourth-order valence-electron chi connectivity index (χ4n) is 3.02. The van der Waals surface area contributed by atoms with E-state index in [1.807, 2.05) is 67.6 Å². The second-order valence-electron chi connectivity index (χ2n) is 6.63. The van der Waals surface area contributed by atoms with Crippen molar-refractivity contribution in [1.82, 2.24) is 10.3 Å². The van der Waals surface area contributed by atoms with Crippen LogP contribution in [0.15, 0.2) is 75.8 Å². The Morgan fingerprint density at radius 2 is 1.97 bits per heavy atom. The molecule has 0 aliphatic carbocycles. The quantitative estimate of drug-likeness (QED) is 0.426. The second kappa shape index (κ2) is 8.49. The minimum atomic E-state index is -0.231. The molecule has 29 heavy (non-hydrogen) atoms. The van der Waals surface area contributed by atoms with E-state index in [9.17, 15) is 4.79 Å². The summed E-state index contributed by atoms with van der Waals surface area (Å²) in [5.41, 5.74) is 3.37. The van der Waals surface area contributed by atoms with Gasteiger partial charge in [-0.3, -0.25) is 9.78 Å². The zero-order valence-electron chi connectivity index (χ0n) is 15.8. The van der Waals surface area contributed by atoms with Crippen molar-refractivity contribution in [2.24, 2.45) is 0 Å². The molecule has 2 aromatic heterocycles. The van der Waals surface area contributed by atoms with E-state index in [2.05, 4.69) is 26.2 Å². The number of aryl methyl sites for hydroxylation is 1. The van der Waals surface area contributed by atoms with Crippen molar-refractivity contribution in [2.75, 3.05) is 0 Å². The van der Waals surface area contributed by atoms with Crippen LogP contribution in [-0.2, 0) is 13.2 Å². The van der Waals surface area contributed by atoms with Crippen molar-refractivity contribution >= 4 is 32.8 Å². The lowest BCUT2D eigenvalue weighted by molar-refractivity contribution is 0.0924. The Morgan fingerprint density at radius 3 is 2.72 bits per heavy atom. The highest BCUT2D eigenvalue weighted by Gasteiger charge is 2.17. The van der Waals surface area contributed by atoms with E-state index >= 15 is 0 Å². The maximum absolute atomic E-state index is 12.6. The molecule has 0 aliphatic rings. The molecule has 146 valence electrons. The molecule has 0 saturated carbocycles. The molecule has 1 amide bonds. The number of fused-ring (bicyclic) bond motifs is 1. The van der Waals surface area contributed by atoms with Crippen LogP contribution in [0.1, 0.15) is 27.4 Å². The highest BCUT2D eigenvalue weighted by Crippen LogP contribution is 2.28. The Kier molecular flexibility index (Phi) is 5.62. The summed E-state index contributed by atoms with van der Waals surface area (Å²) in [5.74, 6) is 0.864. The number of hydrogen-bond acceptors (Lipinski definition) is 4. The molecule has 1 N–H and O–H groups in total. The number of rotatable bonds is 6. The minimum Gasteiger partial charge on any atom is -0.487 e. The Labute approximate surface area is 176 Å². The van der Waals surface area contributed by atoms with Crippen molar-refractivity contribution in [1.29, 1.82) is 0 Å². The van der Waals surface area contributed by atoms with Gasteiger partial charge >= 0.3 is 0 Å². The maximum atomic E-state index is 12.6. The molecule has 2 aromatic carbocycles. The summed E-state index contributed by atoms with van der Waals surface area (Å²) in [5, 5.41) is 3.84. The van der Waals surface area contributed by atoms with E-state index in [1.54, 1.807) is 6.20 Å². The fraction of sp³-hybridized carbons (Fsp3) is 0.130. The standard InChI is InChI=1S/C23H19BrN2O3/c1-15-20-12-17(24)7-10-21(20)29-22(15)23(27)26-13-16-5-8-19(9-6-16)28-14-18-4-2-3-11-25-18/h2-12H,13-14H2,1H3,(H,26,27). The van der Waals surface area contributed by atoms with Gasteiger partial charge in [-0.1, -0.05) is 34.1 Å². The SMILES string of the molecule is Cc1c(C(=O)NCc2ccc(OCc3ccccn3)cc2)oc2ccc(Br)cc12. The van der Waals surface area contributed by atoms with Crippen molar-refractivity contribution in [3.63, 3.8) is 0 Å². The predicted molar refractivity (Wildman–Crippen MR) is 115 cm³/mol. The average Bonchev–Trinajstić information content (AvgIpc) is 3.08. The summed E-state index contributed by atoms with van der Waals surface area (Å²) in [6.07, 6.45) is 1.74. The van der Waals surface area contributed by atoms with Gasteiger partial charge in [-0.2, -0.15) is 0 Å². The Hall–Kier alpha value is -3.12. The number of nitrogens with zero attached hydrogens (tertiary/aromatic N) is 1. The largest absolute Gasteiger partial charge is 0.487 e. The third-order valence-electron chi connectivity index (χ3n) is 4.59. The van der Waals surface area contributed by atoms with E-state index < -0.39 is 0 Å². The van der Waals surface area contributed by atoms with Gasteiger partial charge < -0.3 is 14.5 Å². The average molecular weight is 451 g/mol. The van der Waals surface area contributed by atoms with Crippen molar-refractivity contribution < 1.29 is 13.9 Å². The number of benzene rings is 2. The molecule has 6 heteroatoms. The number of pyridine rings is 1. The highest BCUT2D eigenvalue weighted by molar-refractivity contribution is 9.10. The lowest BCUT2D eigenvalue weighted by Crippen LogP contribution is -2.22. The van der Waals surface area contributed by atoms with E-state index in [1.165, 1.54) is 0 Å². The number of nitrogens with one attached hydrogen (secondary N) is 1. The number of carbonyl (C=O) groups is 1. The summed E-state index contributed by atoms with van der Waals surface area (Å²) < 4.78 is 12.4. The number of aromatic nitrogens is 1. The highest BCUT2D eigenvalue weighted by atomic mass is 79.9. The smallest absolute Gasteiger partial charge is 0.287 e. The first kappa shape index (κ1) is 19.2. The van der Waals surface area contributed by atoms with E-state index in [0.717, 1.165) is 32.4 Å². The Balaban J connectivity index is 1.36. The fourth-order valence-corrected chi connectivity index (χ4v) is 3.38. The van der Waals surface area contributed by atoms with Crippen LogP contribution < -0.4 is 10.1 Å².